The average molecular weight is 246 g/mol. The summed E-state index contributed by atoms with van der Waals surface area (Å²) in [5, 5.41) is 18.7. The highest BCUT2D eigenvalue weighted by atomic mass is 15.0. The molecule has 1 aliphatic heterocycles. The number of nitriles is 2. The van der Waals surface area contributed by atoms with Crippen LogP contribution in [0.4, 0.5) is 0 Å². The first kappa shape index (κ1) is 11.3. The fraction of sp³-hybridized carbons (Fsp3) is 0.133. The van der Waals surface area contributed by atoms with E-state index >= 15 is 0 Å². The van der Waals surface area contributed by atoms with E-state index in [0.717, 1.165) is 29.9 Å². The van der Waals surface area contributed by atoms with Crippen molar-refractivity contribution in [3.8, 4) is 23.4 Å². The summed E-state index contributed by atoms with van der Waals surface area (Å²) in [5.74, 6) is 0. The van der Waals surface area contributed by atoms with E-state index in [2.05, 4.69) is 17.1 Å². The molecule has 4 nitrogen and oxygen atoms in total. The molecule has 1 aliphatic rings. The van der Waals surface area contributed by atoms with Crippen LogP contribution in [0.25, 0.3) is 17.3 Å². The third-order valence-corrected chi connectivity index (χ3v) is 3.26. The monoisotopic (exact) mass is 246 g/mol. The van der Waals surface area contributed by atoms with Gasteiger partial charge in [0.2, 0.25) is 0 Å². The predicted molar refractivity (Wildman–Crippen MR) is 70.7 cm³/mol. The summed E-state index contributed by atoms with van der Waals surface area (Å²) in [6, 6.07) is 8.06. The quantitative estimate of drug-likeness (QED) is 0.777. The number of aromatic nitrogens is 2. The molecule has 2 aromatic heterocycles. The molecular weight excluding hydrogens is 236 g/mol. The predicted octanol–water partition coefficient (Wildman–Crippen LogP) is 2.71. The van der Waals surface area contributed by atoms with Gasteiger partial charge in [0, 0.05) is 24.5 Å². The first-order valence-electron chi connectivity index (χ1n) is 6.00. The van der Waals surface area contributed by atoms with Crippen LogP contribution in [0.5, 0.6) is 0 Å². The second-order valence-corrected chi connectivity index (χ2v) is 4.29. The summed E-state index contributed by atoms with van der Waals surface area (Å²) in [6.07, 6.45) is 8.28. The minimum absolute atomic E-state index is 0.442. The van der Waals surface area contributed by atoms with Crippen molar-refractivity contribution < 1.29 is 0 Å². The number of hydrogen-bond donors (Lipinski definition) is 0. The maximum atomic E-state index is 9.38. The smallest absolute Gasteiger partial charge is 0.103 e. The van der Waals surface area contributed by atoms with Gasteiger partial charge in [0.05, 0.1) is 22.5 Å². The number of allylic oxidation sites excluding steroid dienone is 1. The standard InChI is InChI=1S/C15H10N4/c16-8-12-13(9-17)15(11-4-3-6-18-10-11)19-7-2-1-5-14(12)19/h1,3-6,10H,2,7H2. The number of hydrogen-bond acceptors (Lipinski definition) is 3. The van der Waals surface area contributed by atoms with E-state index in [0.29, 0.717) is 11.1 Å². The van der Waals surface area contributed by atoms with E-state index in [9.17, 15) is 10.5 Å². The highest BCUT2D eigenvalue weighted by Crippen LogP contribution is 2.33. The van der Waals surface area contributed by atoms with Gasteiger partial charge in [0.1, 0.15) is 12.1 Å². The van der Waals surface area contributed by atoms with Crippen LogP contribution in [0.2, 0.25) is 0 Å². The zero-order valence-electron chi connectivity index (χ0n) is 10.2. The third-order valence-electron chi connectivity index (χ3n) is 3.26. The van der Waals surface area contributed by atoms with Crippen molar-refractivity contribution in [3.63, 3.8) is 0 Å². The Morgan fingerprint density at radius 2 is 2.05 bits per heavy atom. The van der Waals surface area contributed by atoms with Gasteiger partial charge in [-0.1, -0.05) is 6.08 Å². The van der Waals surface area contributed by atoms with E-state index in [-0.39, 0.29) is 0 Å². The fourth-order valence-corrected chi connectivity index (χ4v) is 2.47. The molecule has 0 radical (unpaired) electrons. The lowest BCUT2D eigenvalue weighted by Gasteiger charge is -2.13. The van der Waals surface area contributed by atoms with Crippen LogP contribution in [-0.2, 0) is 6.54 Å². The molecule has 0 N–H and O–H groups in total. The molecule has 0 spiro atoms. The van der Waals surface area contributed by atoms with Gasteiger partial charge in [-0.15, -0.1) is 0 Å². The van der Waals surface area contributed by atoms with Crippen molar-refractivity contribution in [2.45, 2.75) is 13.0 Å². The van der Waals surface area contributed by atoms with Gasteiger partial charge in [-0.3, -0.25) is 4.98 Å². The molecule has 4 heteroatoms. The van der Waals surface area contributed by atoms with Gasteiger partial charge in [0.15, 0.2) is 0 Å². The zero-order valence-corrected chi connectivity index (χ0v) is 10.2. The molecular formula is C15H10N4. The van der Waals surface area contributed by atoms with E-state index in [1.807, 2.05) is 28.9 Å². The number of fused-ring (bicyclic) bond motifs is 1. The normalized spacial score (nSPS) is 12.5. The highest BCUT2D eigenvalue weighted by molar-refractivity contribution is 5.77. The molecule has 0 saturated carbocycles. The Bertz CT molecular complexity index is 739. The van der Waals surface area contributed by atoms with Crippen LogP contribution < -0.4 is 0 Å². The molecule has 0 aromatic carbocycles. The lowest BCUT2D eigenvalue weighted by Crippen LogP contribution is -2.05. The van der Waals surface area contributed by atoms with Crippen LogP contribution in [-0.4, -0.2) is 9.55 Å². The van der Waals surface area contributed by atoms with Crippen LogP contribution >= 0.6 is 0 Å². The molecule has 0 atom stereocenters. The summed E-state index contributed by atoms with van der Waals surface area (Å²) in [4.78, 5) is 4.10. The Hall–Kier alpha value is -2.85. The number of pyridine rings is 1. The largest absolute Gasteiger partial charge is 0.338 e. The van der Waals surface area contributed by atoms with Crippen LogP contribution in [0.1, 0.15) is 23.2 Å². The first-order valence-corrected chi connectivity index (χ1v) is 6.00. The lowest BCUT2D eigenvalue weighted by atomic mass is 10.1. The highest BCUT2D eigenvalue weighted by Gasteiger charge is 2.23. The second kappa shape index (κ2) is 4.44. The molecule has 3 heterocycles. The average Bonchev–Trinajstić information content (AvgIpc) is 2.81. The van der Waals surface area contributed by atoms with E-state index in [1.165, 1.54) is 0 Å². The number of nitrogens with zero attached hydrogens (tertiary/aromatic N) is 4. The zero-order chi connectivity index (χ0) is 13.2. The lowest BCUT2D eigenvalue weighted by molar-refractivity contribution is 0.703. The topological polar surface area (TPSA) is 65.4 Å². The minimum atomic E-state index is 0.442. The summed E-state index contributed by atoms with van der Waals surface area (Å²) in [7, 11) is 0. The molecule has 0 amide bonds. The Kier molecular flexibility index (Phi) is 2.63. The summed E-state index contributed by atoms with van der Waals surface area (Å²) in [6.45, 7) is 0.784. The van der Waals surface area contributed by atoms with E-state index in [4.69, 9.17) is 0 Å². The molecule has 0 unspecified atom stereocenters. The van der Waals surface area contributed by atoms with Crippen molar-refractivity contribution in [2.75, 3.05) is 0 Å². The maximum absolute atomic E-state index is 9.38. The van der Waals surface area contributed by atoms with Crippen molar-refractivity contribution >= 4 is 6.08 Å². The van der Waals surface area contributed by atoms with Crippen LogP contribution in [0.3, 0.4) is 0 Å². The Balaban J connectivity index is 2.37. The Morgan fingerprint density at radius 1 is 1.21 bits per heavy atom. The Morgan fingerprint density at radius 3 is 2.74 bits per heavy atom. The van der Waals surface area contributed by atoms with Crippen molar-refractivity contribution in [3.05, 3.63) is 47.4 Å². The molecule has 0 aliphatic carbocycles. The Labute approximate surface area is 110 Å². The molecule has 3 rings (SSSR count). The maximum Gasteiger partial charge on any atom is 0.103 e. The van der Waals surface area contributed by atoms with Crippen molar-refractivity contribution in [1.29, 1.82) is 10.5 Å². The first-order chi connectivity index (χ1) is 9.36. The van der Waals surface area contributed by atoms with Gasteiger partial charge in [0.25, 0.3) is 0 Å². The molecule has 2 aromatic rings. The number of rotatable bonds is 1. The molecule has 0 fully saturated rings. The second-order valence-electron chi connectivity index (χ2n) is 4.29. The van der Waals surface area contributed by atoms with Gasteiger partial charge in [-0.2, -0.15) is 10.5 Å². The summed E-state index contributed by atoms with van der Waals surface area (Å²) in [5.41, 5.74) is 3.39. The molecule has 0 bridgehead atoms. The molecule has 90 valence electrons. The van der Waals surface area contributed by atoms with Crippen molar-refractivity contribution in [2.24, 2.45) is 0 Å². The molecule has 0 saturated heterocycles. The van der Waals surface area contributed by atoms with Gasteiger partial charge in [-0.25, -0.2) is 0 Å². The summed E-state index contributed by atoms with van der Waals surface area (Å²) >= 11 is 0. The van der Waals surface area contributed by atoms with Crippen LogP contribution in [0.15, 0.2) is 30.6 Å². The fourth-order valence-electron chi connectivity index (χ4n) is 2.47. The van der Waals surface area contributed by atoms with Gasteiger partial charge < -0.3 is 4.57 Å². The van der Waals surface area contributed by atoms with E-state index in [1.54, 1.807) is 12.4 Å². The summed E-state index contributed by atoms with van der Waals surface area (Å²) < 4.78 is 2.04. The van der Waals surface area contributed by atoms with E-state index < -0.39 is 0 Å². The molecule has 19 heavy (non-hydrogen) atoms. The van der Waals surface area contributed by atoms with Gasteiger partial charge in [-0.05, 0) is 24.6 Å². The van der Waals surface area contributed by atoms with Crippen LogP contribution in [0, 0.1) is 22.7 Å². The van der Waals surface area contributed by atoms with Crippen molar-refractivity contribution in [1.82, 2.24) is 9.55 Å². The SMILES string of the molecule is N#Cc1c(C#N)c(-c2cccnc2)n2c1C=CCC2. The van der Waals surface area contributed by atoms with Gasteiger partial charge >= 0.3 is 0 Å². The third kappa shape index (κ3) is 1.63. The minimum Gasteiger partial charge on any atom is -0.338 e.